The van der Waals surface area contributed by atoms with Gasteiger partial charge in [-0.2, -0.15) is 0 Å². The van der Waals surface area contributed by atoms with Crippen LogP contribution < -0.4 is 0 Å². The van der Waals surface area contributed by atoms with Crippen molar-refractivity contribution in [2.75, 3.05) is 39.6 Å². The average molecular weight is 1280 g/mol. The van der Waals surface area contributed by atoms with E-state index in [1.54, 1.807) is 0 Å². The second-order valence-corrected chi connectivity index (χ2v) is 28.2. The SMILES string of the molecule is CCCCCCCCCCCCCCCC(=O)O[C@H](COC(=O)CCCCCCC)COP(=O)(O)OC[C@H](O)COP(=O)(O)OC[C@@H](COC(=O)CCCCCCCCCCCCC(C)CC)OC(=O)CCCCCCCCCCCCCCC(C)C. The molecule has 19 heteroatoms. The van der Waals surface area contributed by atoms with Gasteiger partial charge in [-0.3, -0.25) is 37.3 Å². The van der Waals surface area contributed by atoms with Crippen LogP contribution in [0.4, 0.5) is 0 Å². The number of carbonyl (C=O) groups is 4. The monoisotopic (exact) mass is 1280 g/mol. The highest BCUT2D eigenvalue weighted by molar-refractivity contribution is 7.47. The summed E-state index contributed by atoms with van der Waals surface area (Å²) >= 11 is 0. The summed E-state index contributed by atoms with van der Waals surface area (Å²) in [7, 11) is -9.89. The topological polar surface area (TPSA) is 237 Å². The molecule has 0 aliphatic heterocycles. The molecule has 0 aliphatic rings. The zero-order valence-electron chi connectivity index (χ0n) is 56.3. The second-order valence-electron chi connectivity index (χ2n) is 25.3. The molecule has 0 saturated heterocycles. The average Bonchev–Trinajstić information content (AvgIpc) is 3.60. The summed E-state index contributed by atoms with van der Waals surface area (Å²) < 4.78 is 68.0. The summed E-state index contributed by atoms with van der Waals surface area (Å²) in [5.41, 5.74) is 0. The lowest BCUT2D eigenvalue weighted by molar-refractivity contribution is -0.161. The minimum absolute atomic E-state index is 0.106. The maximum absolute atomic E-state index is 13.0. The number of hydrogen-bond donors (Lipinski definition) is 3. The first-order valence-corrected chi connectivity index (χ1v) is 38.5. The summed E-state index contributed by atoms with van der Waals surface area (Å²) in [4.78, 5) is 72.2. The van der Waals surface area contributed by atoms with Gasteiger partial charge >= 0.3 is 39.5 Å². The Kier molecular flexibility index (Phi) is 59.0. The highest BCUT2D eigenvalue weighted by atomic mass is 31.2. The Labute approximate surface area is 530 Å². The minimum Gasteiger partial charge on any atom is -0.462 e. The number of unbranched alkanes of at least 4 members (excludes halogenated alkanes) is 36. The number of phosphoric ester groups is 2. The number of rotatable bonds is 67. The number of carbonyl (C=O) groups excluding carboxylic acids is 4. The summed E-state index contributed by atoms with van der Waals surface area (Å²) in [5.74, 6) is -0.550. The first-order valence-electron chi connectivity index (χ1n) is 35.5. The number of phosphoric acid groups is 2. The number of aliphatic hydroxyl groups is 1. The number of aliphatic hydroxyl groups excluding tert-OH is 1. The standard InChI is InChI=1S/C68H132O17P2/c1-7-10-12-14-15-16-17-18-22-29-34-40-46-52-67(72)84-63(56-78-65(70)50-44-36-13-11-8-2)58-82-86(74,75)80-54-62(69)55-81-87(76,77)83-59-64(57-79-66(71)51-45-39-33-28-25-24-27-32-38-43-49-61(6)9-3)85-68(73)53-47-41-35-30-23-20-19-21-26-31-37-42-48-60(4)5/h60-64,69H,7-59H2,1-6H3,(H,74,75)(H,76,77)/t61?,62-,63+,64+/m0/s1. The van der Waals surface area contributed by atoms with E-state index in [4.69, 9.17) is 37.0 Å². The van der Waals surface area contributed by atoms with Crippen LogP contribution in [0.15, 0.2) is 0 Å². The number of esters is 4. The van der Waals surface area contributed by atoms with Crippen LogP contribution in [-0.4, -0.2) is 96.7 Å². The molecular weight excluding hydrogens is 1150 g/mol. The third kappa shape index (κ3) is 61.3. The van der Waals surface area contributed by atoms with Crippen molar-refractivity contribution in [1.29, 1.82) is 0 Å². The predicted molar refractivity (Wildman–Crippen MR) is 349 cm³/mol. The summed E-state index contributed by atoms with van der Waals surface area (Å²) in [6.07, 6.45) is 44.6. The molecular formula is C68H132O17P2. The van der Waals surface area contributed by atoms with Gasteiger partial charge in [0.1, 0.15) is 19.3 Å². The first-order chi connectivity index (χ1) is 41.9. The molecule has 0 aromatic heterocycles. The molecule has 87 heavy (non-hydrogen) atoms. The summed E-state index contributed by atoms with van der Waals surface area (Å²) in [6.45, 7) is 9.49. The lowest BCUT2D eigenvalue weighted by Gasteiger charge is -2.21. The third-order valence-electron chi connectivity index (χ3n) is 16.1. The molecule has 0 spiro atoms. The van der Waals surface area contributed by atoms with Crippen LogP contribution in [0.3, 0.4) is 0 Å². The number of hydrogen-bond acceptors (Lipinski definition) is 15. The fraction of sp³-hybridized carbons (Fsp3) is 0.941. The molecule has 0 rings (SSSR count). The fourth-order valence-electron chi connectivity index (χ4n) is 10.2. The smallest absolute Gasteiger partial charge is 0.462 e. The van der Waals surface area contributed by atoms with Gasteiger partial charge in [0.25, 0.3) is 0 Å². The van der Waals surface area contributed by atoms with Crippen LogP contribution in [0.5, 0.6) is 0 Å². The molecule has 17 nitrogen and oxygen atoms in total. The van der Waals surface area contributed by atoms with Crippen LogP contribution in [-0.2, 0) is 65.4 Å². The van der Waals surface area contributed by atoms with Crippen molar-refractivity contribution in [2.45, 2.75) is 362 Å². The molecule has 0 bridgehead atoms. The Bertz CT molecular complexity index is 1700. The zero-order valence-corrected chi connectivity index (χ0v) is 58.1. The molecule has 0 aliphatic carbocycles. The fourth-order valence-corrected chi connectivity index (χ4v) is 11.8. The van der Waals surface area contributed by atoms with E-state index in [9.17, 15) is 43.2 Å². The molecule has 0 aromatic rings. The van der Waals surface area contributed by atoms with E-state index in [0.717, 1.165) is 108 Å². The molecule has 3 unspecified atom stereocenters. The van der Waals surface area contributed by atoms with Crippen LogP contribution in [0.2, 0.25) is 0 Å². The van der Waals surface area contributed by atoms with Crippen molar-refractivity contribution < 1.29 is 80.2 Å². The van der Waals surface area contributed by atoms with Gasteiger partial charge in [-0.25, -0.2) is 9.13 Å². The molecule has 516 valence electrons. The van der Waals surface area contributed by atoms with Gasteiger partial charge in [0.05, 0.1) is 26.4 Å². The van der Waals surface area contributed by atoms with Gasteiger partial charge in [-0.15, -0.1) is 0 Å². The van der Waals surface area contributed by atoms with Crippen molar-refractivity contribution in [2.24, 2.45) is 11.8 Å². The Balaban J connectivity index is 5.17. The molecule has 0 amide bonds. The molecule has 0 fully saturated rings. The van der Waals surface area contributed by atoms with E-state index in [1.165, 1.54) is 154 Å². The maximum Gasteiger partial charge on any atom is 0.472 e. The lowest BCUT2D eigenvalue weighted by Crippen LogP contribution is -2.30. The molecule has 0 radical (unpaired) electrons. The summed E-state index contributed by atoms with van der Waals surface area (Å²) in [5, 5.41) is 10.5. The Morgan fingerprint density at radius 3 is 0.874 bits per heavy atom. The molecule has 0 heterocycles. The first kappa shape index (κ1) is 85.1. The van der Waals surface area contributed by atoms with Gasteiger partial charge in [-0.05, 0) is 37.5 Å². The van der Waals surface area contributed by atoms with E-state index >= 15 is 0 Å². The van der Waals surface area contributed by atoms with Crippen LogP contribution >= 0.6 is 15.6 Å². The van der Waals surface area contributed by atoms with Crippen molar-refractivity contribution >= 4 is 39.5 Å². The van der Waals surface area contributed by atoms with E-state index in [0.29, 0.717) is 25.7 Å². The quantitative estimate of drug-likeness (QED) is 0.0222. The maximum atomic E-state index is 13.0. The highest BCUT2D eigenvalue weighted by Crippen LogP contribution is 2.45. The van der Waals surface area contributed by atoms with Gasteiger partial charge < -0.3 is 33.8 Å². The van der Waals surface area contributed by atoms with E-state index in [-0.39, 0.29) is 25.7 Å². The molecule has 0 aromatic carbocycles. The van der Waals surface area contributed by atoms with Crippen molar-refractivity contribution in [3.63, 3.8) is 0 Å². The normalized spacial score (nSPS) is 14.5. The van der Waals surface area contributed by atoms with Crippen LogP contribution in [0, 0.1) is 11.8 Å². The minimum atomic E-state index is -4.95. The van der Waals surface area contributed by atoms with E-state index in [1.807, 2.05) is 0 Å². The Morgan fingerprint density at radius 1 is 0.333 bits per heavy atom. The Morgan fingerprint density at radius 2 is 0.586 bits per heavy atom. The van der Waals surface area contributed by atoms with Gasteiger partial charge in [0.15, 0.2) is 12.2 Å². The van der Waals surface area contributed by atoms with Gasteiger partial charge in [0.2, 0.25) is 0 Å². The summed E-state index contributed by atoms with van der Waals surface area (Å²) in [6, 6.07) is 0. The Hall–Kier alpha value is -1.94. The molecule has 3 N–H and O–H groups in total. The van der Waals surface area contributed by atoms with Gasteiger partial charge in [-0.1, -0.05) is 292 Å². The second kappa shape index (κ2) is 60.3. The van der Waals surface area contributed by atoms with E-state index in [2.05, 4.69) is 41.5 Å². The third-order valence-corrected chi connectivity index (χ3v) is 18.0. The van der Waals surface area contributed by atoms with Crippen LogP contribution in [0.25, 0.3) is 0 Å². The highest BCUT2D eigenvalue weighted by Gasteiger charge is 2.30. The van der Waals surface area contributed by atoms with Crippen molar-refractivity contribution in [1.82, 2.24) is 0 Å². The van der Waals surface area contributed by atoms with Crippen molar-refractivity contribution in [3.05, 3.63) is 0 Å². The van der Waals surface area contributed by atoms with Crippen molar-refractivity contribution in [3.8, 4) is 0 Å². The van der Waals surface area contributed by atoms with Gasteiger partial charge in [0, 0.05) is 25.7 Å². The van der Waals surface area contributed by atoms with E-state index < -0.39 is 97.5 Å². The number of ether oxygens (including phenoxy) is 4. The molecule has 0 saturated carbocycles. The predicted octanol–water partition coefficient (Wildman–Crippen LogP) is 19.2. The zero-order chi connectivity index (χ0) is 64.3. The van der Waals surface area contributed by atoms with Crippen LogP contribution in [0.1, 0.15) is 343 Å². The lowest BCUT2D eigenvalue weighted by atomic mass is 9.99. The largest absolute Gasteiger partial charge is 0.472 e. The molecule has 6 atom stereocenters.